The number of nitrogens with zero attached hydrogens (tertiary/aromatic N) is 4. The number of amides is 1. The molecule has 2 saturated heterocycles. The largest absolute Gasteiger partial charge is 0.392 e. The Hall–Kier alpha value is -4.96. The zero-order chi connectivity index (χ0) is 41.4. The van der Waals surface area contributed by atoms with E-state index in [2.05, 4.69) is 42.9 Å². The Morgan fingerprint density at radius 3 is 2.29 bits per heavy atom. The molecule has 0 aliphatic carbocycles. The quantitative estimate of drug-likeness (QED) is 0.0519. The van der Waals surface area contributed by atoms with Crippen molar-refractivity contribution < 1.29 is 23.2 Å². The van der Waals surface area contributed by atoms with Gasteiger partial charge in [-0.2, -0.15) is 0 Å². The molecule has 7 rings (SSSR count). The number of piperazine rings is 1. The van der Waals surface area contributed by atoms with E-state index in [1.165, 1.54) is 23.3 Å². The van der Waals surface area contributed by atoms with Crippen molar-refractivity contribution in [3.05, 3.63) is 148 Å². The fraction of sp³-hybridized carbons (Fsp3) is 0.295. The number of likely N-dealkylation sites (tertiary alicyclic amines) is 1. The van der Waals surface area contributed by atoms with Gasteiger partial charge in [-0.25, -0.2) is 13.1 Å². The van der Waals surface area contributed by atoms with Crippen LogP contribution in [0.3, 0.4) is 0 Å². The standard InChI is InChI=1S/C44H47ClN6O6S2/c45-35-14-10-32(11-15-35)41-9-5-4-6-34(41)29-49-24-26-50(27-25-49)37-16-12-33(13-17-37)44(53)47-59(56,57)40-18-19-42(43(28-40)51(54)55)46-36(20-22-48-23-21-38(52)30-48)31-58-39-7-2-1-3-8-39/h1-19,28,36,38,46,52H,20-27,29-31H2,(H,47,53)/t36-,38-/m1/s1. The molecular formula is C44H47ClN6O6S2. The Kier molecular flexibility index (Phi) is 13.9. The molecule has 2 heterocycles. The predicted octanol–water partition coefficient (Wildman–Crippen LogP) is 7.39. The summed E-state index contributed by atoms with van der Waals surface area (Å²) in [6, 6.07) is 36.3. The molecule has 5 aromatic carbocycles. The van der Waals surface area contributed by atoms with Gasteiger partial charge in [-0.1, -0.05) is 66.2 Å². The van der Waals surface area contributed by atoms with E-state index in [9.17, 15) is 28.4 Å². The van der Waals surface area contributed by atoms with Crippen LogP contribution in [0.5, 0.6) is 0 Å². The van der Waals surface area contributed by atoms with Crippen molar-refractivity contribution in [2.45, 2.75) is 41.3 Å². The summed E-state index contributed by atoms with van der Waals surface area (Å²) in [6.45, 7) is 6.10. The van der Waals surface area contributed by atoms with E-state index in [-0.39, 0.29) is 23.4 Å². The molecule has 2 aliphatic heterocycles. The van der Waals surface area contributed by atoms with Gasteiger partial charge in [0.25, 0.3) is 21.6 Å². The SMILES string of the molecule is O=C(NS(=O)(=O)c1ccc(N[C@H](CCN2CC[C@@H](O)C2)CSc2ccccc2)c([N+](=O)[O-])c1)c1ccc(N2CCN(Cc3ccccc3-c3ccc(Cl)cc3)CC2)cc1. The molecule has 2 atom stereocenters. The fourth-order valence-electron chi connectivity index (χ4n) is 7.47. The average Bonchev–Trinajstić information content (AvgIpc) is 3.67. The van der Waals surface area contributed by atoms with Crippen LogP contribution in [-0.2, 0) is 16.6 Å². The number of rotatable bonds is 16. The van der Waals surface area contributed by atoms with Crippen LogP contribution in [0, 0.1) is 10.1 Å². The lowest BCUT2D eigenvalue weighted by Gasteiger charge is -2.36. The molecule has 308 valence electrons. The highest BCUT2D eigenvalue weighted by atomic mass is 35.5. The van der Waals surface area contributed by atoms with Gasteiger partial charge in [-0.3, -0.25) is 19.8 Å². The molecule has 0 spiro atoms. The number of β-amino-alcohol motifs (C(OH)–C–C–N with tert-alkyl or cyclic N) is 1. The highest BCUT2D eigenvalue weighted by Crippen LogP contribution is 2.31. The molecule has 5 aromatic rings. The summed E-state index contributed by atoms with van der Waals surface area (Å²) in [6.07, 6.45) is 1.00. The minimum atomic E-state index is -4.46. The Balaban J connectivity index is 0.958. The van der Waals surface area contributed by atoms with Crippen molar-refractivity contribution >= 4 is 56.4 Å². The monoisotopic (exact) mass is 854 g/mol. The number of hydrogen-bond acceptors (Lipinski definition) is 11. The Bertz CT molecular complexity index is 2330. The molecule has 3 N–H and O–H groups in total. The number of thioether (sulfide) groups is 1. The predicted molar refractivity (Wildman–Crippen MR) is 235 cm³/mol. The number of carbonyl (C=O) groups excluding carboxylic acids is 1. The zero-order valence-electron chi connectivity index (χ0n) is 32.5. The third-order valence-electron chi connectivity index (χ3n) is 10.7. The van der Waals surface area contributed by atoms with E-state index < -0.39 is 31.4 Å². The number of aliphatic hydroxyl groups is 1. The fourth-order valence-corrected chi connectivity index (χ4v) is 9.59. The van der Waals surface area contributed by atoms with E-state index in [0.29, 0.717) is 36.7 Å². The number of nitrogens with one attached hydrogen (secondary N) is 2. The Labute approximate surface area is 354 Å². The number of aliphatic hydroxyl groups excluding tert-OH is 1. The number of hydrogen-bond donors (Lipinski definition) is 3. The second-order valence-corrected chi connectivity index (χ2v) is 18.1. The summed E-state index contributed by atoms with van der Waals surface area (Å²) in [5.74, 6) is -0.237. The van der Waals surface area contributed by atoms with Gasteiger partial charge in [-0.15, -0.1) is 11.8 Å². The summed E-state index contributed by atoms with van der Waals surface area (Å²) in [5, 5.41) is 26.3. The number of benzene rings is 5. The third-order valence-corrected chi connectivity index (χ3v) is 13.5. The molecule has 0 unspecified atom stereocenters. The van der Waals surface area contributed by atoms with Gasteiger partial charge in [0.1, 0.15) is 5.69 Å². The van der Waals surface area contributed by atoms with E-state index in [1.54, 1.807) is 36.0 Å². The van der Waals surface area contributed by atoms with Gasteiger partial charge in [-0.05, 0) is 90.2 Å². The van der Waals surface area contributed by atoms with Gasteiger partial charge >= 0.3 is 0 Å². The maximum Gasteiger partial charge on any atom is 0.293 e. The lowest BCUT2D eigenvalue weighted by atomic mass is 9.99. The van der Waals surface area contributed by atoms with Crippen LogP contribution >= 0.6 is 23.4 Å². The summed E-state index contributed by atoms with van der Waals surface area (Å²) >= 11 is 7.73. The van der Waals surface area contributed by atoms with Crippen LogP contribution in [0.1, 0.15) is 28.8 Å². The molecule has 0 saturated carbocycles. The molecule has 15 heteroatoms. The van der Waals surface area contributed by atoms with Crippen molar-refractivity contribution in [3.8, 4) is 11.1 Å². The molecule has 2 aliphatic rings. The minimum Gasteiger partial charge on any atom is -0.392 e. The molecule has 2 fully saturated rings. The number of halogens is 1. The first-order valence-electron chi connectivity index (χ1n) is 19.6. The number of nitro benzene ring substituents is 1. The highest BCUT2D eigenvalue weighted by molar-refractivity contribution is 7.99. The number of nitro groups is 1. The van der Waals surface area contributed by atoms with Crippen LogP contribution in [0.15, 0.2) is 131 Å². The smallest absolute Gasteiger partial charge is 0.293 e. The van der Waals surface area contributed by atoms with Crippen molar-refractivity contribution in [3.63, 3.8) is 0 Å². The summed E-state index contributed by atoms with van der Waals surface area (Å²) < 4.78 is 28.9. The first-order chi connectivity index (χ1) is 28.5. The van der Waals surface area contributed by atoms with Gasteiger partial charge < -0.3 is 20.2 Å². The summed E-state index contributed by atoms with van der Waals surface area (Å²) in [5.41, 5.74) is 4.37. The zero-order valence-corrected chi connectivity index (χ0v) is 34.8. The lowest BCUT2D eigenvalue weighted by molar-refractivity contribution is -0.384. The molecule has 59 heavy (non-hydrogen) atoms. The molecule has 1 amide bonds. The number of anilines is 2. The van der Waals surface area contributed by atoms with Gasteiger partial charge in [0.15, 0.2) is 0 Å². The van der Waals surface area contributed by atoms with Gasteiger partial charge in [0.2, 0.25) is 0 Å². The van der Waals surface area contributed by atoms with Gasteiger partial charge in [0.05, 0.1) is 15.9 Å². The van der Waals surface area contributed by atoms with E-state index >= 15 is 0 Å². The van der Waals surface area contributed by atoms with Crippen molar-refractivity contribution in [1.82, 2.24) is 14.5 Å². The van der Waals surface area contributed by atoms with E-state index in [4.69, 9.17) is 11.6 Å². The van der Waals surface area contributed by atoms with Crippen LogP contribution < -0.4 is 14.9 Å². The lowest BCUT2D eigenvalue weighted by Crippen LogP contribution is -2.46. The number of carbonyl (C=O) groups is 1. The van der Waals surface area contributed by atoms with Crippen molar-refractivity contribution in [2.75, 3.05) is 61.8 Å². The normalized spacial score (nSPS) is 16.8. The molecule has 0 bridgehead atoms. The van der Waals surface area contributed by atoms with Crippen LogP contribution in [0.25, 0.3) is 11.1 Å². The summed E-state index contributed by atoms with van der Waals surface area (Å²) in [7, 11) is -4.46. The maximum absolute atomic E-state index is 13.4. The van der Waals surface area contributed by atoms with Crippen LogP contribution in [0.4, 0.5) is 17.1 Å². The molecular weight excluding hydrogens is 808 g/mol. The first-order valence-corrected chi connectivity index (χ1v) is 22.5. The second kappa shape index (κ2) is 19.4. The average molecular weight is 855 g/mol. The van der Waals surface area contributed by atoms with Crippen molar-refractivity contribution in [1.29, 1.82) is 0 Å². The Morgan fingerprint density at radius 1 is 0.881 bits per heavy atom. The second-order valence-electron chi connectivity index (χ2n) is 14.8. The van der Waals surface area contributed by atoms with E-state index in [1.807, 2.05) is 60.7 Å². The molecule has 0 aromatic heterocycles. The van der Waals surface area contributed by atoms with Crippen LogP contribution in [-0.4, -0.2) is 97.9 Å². The molecule has 12 nitrogen and oxygen atoms in total. The van der Waals surface area contributed by atoms with Crippen LogP contribution in [0.2, 0.25) is 5.02 Å². The van der Waals surface area contributed by atoms with Gasteiger partial charge in [0, 0.05) is 91.4 Å². The highest BCUT2D eigenvalue weighted by Gasteiger charge is 2.27. The topological polar surface area (TPSA) is 148 Å². The Morgan fingerprint density at radius 2 is 1.59 bits per heavy atom. The van der Waals surface area contributed by atoms with E-state index in [0.717, 1.165) is 61.5 Å². The minimum absolute atomic E-state index is 0.145. The van der Waals surface area contributed by atoms with Crippen molar-refractivity contribution in [2.24, 2.45) is 0 Å². The molecule has 0 radical (unpaired) electrons. The maximum atomic E-state index is 13.4. The summed E-state index contributed by atoms with van der Waals surface area (Å²) in [4.78, 5) is 32.3. The third kappa shape index (κ3) is 11.2. The first kappa shape index (κ1) is 42.2. The number of sulfonamides is 1.